The molecule has 0 aromatic heterocycles. The molecule has 0 aliphatic carbocycles. The molecule has 1 aromatic carbocycles. The summed E-state index contributed by atoms with van der Waals surface area (Å²) in [6.07, 6.45) is 1.87. The fourth-order valence-corrected chi connectivity index (χ4v) is 2.20. The van der Waals surface area contributed by atoms with Crippen LogP contribution < -0.4 is 0 Å². The van der Waals surface area contributed by atoms with Crippen LogP contribution in [-0.4, -0.2) is 11.5 Å². The predicted octanol–water partition coefficient (Wildman–Crippen LogP) is 3.53. The van der Waals surface area contributed by atoms with Gasteiger partial charge in [0.05, 0.1) is 5.69 Å². The van der Waals surface area contributed by atoms with Crippen molar-refractivity contribution in [2.24, 2.45) is 4.99 Å². The number of hydrogen-bond acceptors (Lipinski definition) is 2. The van der Waals surface area contributed by atoms with E-state index < -0.39 is 0 Å². The van der Waals surface area contributed by atoms with Gasteiger partial charge in [0.2, 0.25) is 0 Å². The second-order valence-electron chi connectivity index (χ2n) is 3.07. The Labute approximate surface area is 82.6 Å². The van der Waals surface area contributed by atoms with Crippen molar-refractivity contribution in [1.29, 1.82) is 0 Å². The van der Waals surface area contributed by atoms with E-state index in [-0.39, 0.29) is 0 Å². The molecule has 2 heteroatoms. The van der Waals surface area contributed by atoms with Gasteiger partial charge in [0.1, 0.15) is 0 Å². The van der Waals surface area contributed by atoms with Gasteiger partial charge in [-0.3, -0.25) is 4.99 Å². The average molecular weight is 189 g/mol. The first-order chi connectivity index (χ1) is 6.29. The molecule has 0 spiro atoms. The summed E-state index contributed by atoms with van der Waals surface area (Å²) < 4.78 is 0. The minimum absolute atomic E-state index is 1.01. The normalized spacial score (nSPS) is 14.7. The number of fused-ring (bicyclic) bond motifs is 1. The van der Waals surface area contributed by atoms with E-state index in [0.717, 1.165) is 11.4 Å². The molecule has 0 saturated heterocycles. The van der Waals surface area contributed by atoms with Crippen LogP contribution in [0.2, 0.25) is 0 Å². The summed E-state index contributed by atoms with van der Waals surface area (Å²) in [7, 11) is 0. The van der Waals surface area contributed by atoms with Crippen molar-refractivity contribution >= 4 is 29.2 Å². The van der Waals surface area contributed by atoms with Gasteiger partial charge in [0, 0.05) is 16.4 Å². The van der Waals surface area contributed by atoms with Gasteiger partial charge < -0.3 is 0 Å². The van der Waals surface area contributed by atoms with Crippen molar-refractivity contribution in [3.05, 3.63) is 30.3 Å². The molecule has 1 nitrogen and oxygen atoms in total. The predicted molar refractivity (Wildman–Crippen MR) is 60.0 cm³/mol. The van der Waals surface area contributed by atoms with Crippen LogP contribution >= 0.6 is 11.8 Å². The molecule has 1 aromatic rings. The molecular weight excluding hydrogens is 178 g/mol. The zero-order valence-corrected chi connectivity index (χ0v) is 8.40. The lowest BCUT2D eigenvalue weighted by Gasteiger charge is -2.12. The van der Waals surface area contributed by atoms with E-state index in [1.807, 2.05) is 17.8 Å². The molecule has 1 aliphatic rings. The number of benzene rings is 1. The highest BCUT2D eigenvalue weighted by Crippen LogP contribution is 2.34. The first kappa shape index (κ1) is 8.57. The summed E-state index contributed by atoms with van der Waals surface area (Å²) in [6, 6.07) is 6.25. The Morgan fingerprint density at radius 3 is 3.15 bits per heavy atom. The highest BCUT2D eigenvalue weighted by molar-refractivity contribution is 8.00. The summed E-state index contributed by atoms with van der Waals surface area (Å²) in [4.78, 5) is 5.75. The SMILES string of the molecule is C=Cc1ccc2c(c1)SCC(C)=N2. The molecule has 2 rings (SSSR count). The lowest BCUT2D eigenvalue weighted by atomic mass is 10.2. The van der Waals surface area contributed by atoms with Crippen LogP contribution in [0.4, 0.5) is 5.69 Å². The Hall–Kier alpha value is -1.02. The van der Waals surface area contributed by atoms with E-state index in [1.165, 1.54) is 16.2 Å². The van der Waals surface area contributed by atoms with Gasteiger partial charge in [-0.05, 0) is 24.6 Å². The third-order valence-corrected chi connectivity index (χ3v) is 3.17. The van der Waals surface area contributed by atoms with E-state index in [0.29, 0.717) is 0 Å². The summed E-state index contributed by atoms with van der Waals surface area (Å²) in [5, 5.41) is 0. The van der Waals surface area contributed by atoms with Crippen LogP contribution in [0.15, 0.2) is 34.7 Å². The smallest absolute Gasteiger partial charge is 0.0765 e. The fraction of sp³-hybridized carbons (Fsp3) is 0.182. The summed E-state index contributed by atoms with van der Waals surface area (Å²) >= 11 is 1.85. The van der Waals surface area contributed by atoms with Gasteiger partial charge >= 0.3 is 0 Å². The molecule has 0 fully saturated rings. The van der Waals surface area contributed by atoms with Gasteiger partial charge in [-0.25, -0.2) is 0 Å². The molecular formula is C11H11NS. The highest BCUT2D eigenvalue weighted by atomic mass is 32.2. The molecule has 0 amide bonds. The van der Waals surface area contributed by atoms with E-state index in [2.05, 4.69) is 36.7 Å². The van der Waals surface area contributed by atoms with Gasteiger partial charge in [0.15, 0.2) is 0 Å². The van der Waals surface area contributed by atoms with Gasteiger partial charge in [0.25, 0.3) is 0 Å². The molecule has 0 bridgehead atoms. The zero-order valence-electron chi connectivity index (χ0n) is 7.58. The third-order valence-electron chi connectivity index (χ3n) is 1.97. The number of thioether (sulfide) groups is 1. The second kappa shape index (κ2) is 3.38. The summed E-state index contributed by atoms with van der Waals surface area (Å²) in [5.41, 5.74) is 3.46. The van der Waals surface area contributed by atoms with Gasteiger partial charge in [-0.1, -0.05) is 18.7 Å². The van der Waals surface area contributed by atoms with Crippen molar-refractivity contribution in [2.45, 2.75) is 11.8 Å². The molecule has 0 radical (unpaired) electrons. The fourth-order valence-electron chi connectivity index (χ4n) is 1.29. The van der Waals surface area contributed by atoms with Crippen LogP contribution in [0.25, 0.3) is 6.08 Å². The molecule has 0 unspecified atom stereocenters. The molecule has 13 heavy (non-hydrogen) atoms. The molecule has 1 aliphatic heterocycles. The monoisotopic (exact) mass is 189 g/mol. The number of aliphatic imine (C=N–C) groups is 1. The second-order valence-corrected chi connectivity index (χ2v) is 4.08. The lowest BCUT2D eigenvalue weighted by Crippen LogP contribution is -1.99. The Morgan fingerprint density at radius 1 is 1.54 bits per heavy atom. The zero-order chi connectivity index (χ0) is 9.26. The van der Waals surface area contributed by atoms with E-state index in [9.17, 15) is 0 Å². The van der Waals surface area contributed by atoms with Crippen molar-refractivity contribution in [3.63, 3.8) is 0 Å². The molecule has 66 valence electrons. The molecule has 0 atom stereocenters. The largest absolute Gasteiger partial charge is 0.256 e. The number of rotatable bonds is 1. The van der Waals surface area contributed by atoms with Gasteiger partial charge in [-0.2, -0.15) is 0 Å². The van der Waals surface area contributed by atoms with Crippen LogP contribution in [-0.2, 0) is 0 Å². The summed E-state index contributed by atoms with van der Waals surface area (Å²) in [6.45, 7) is 5.82. The first-order valence-electron chi connectivity index (χ1n) is 4.23. The standard InChI is InChI=1S/C11H11NS/c1-3-9-4-5-10-11(6-9)13-7-8(2)12-10/h3-6H,1,7H2,2H3. The minimum Gasteiger partial charge on any atom is -0.256 e. The van der Waals surface area contributed by atoms with Crippen molar-refractivity contribution in [2.75, 3.05) is 5.75 Å². The quantitative estimate of drug-likeness (QED) is 0.658. The van der Waals surface area contributed by atoms with Crippen molar-refractivity contribution < 1.29 is 0 Å². The van der Waals surface area contributed by atoms with Gasteiger partial charge in [-0.15, -0.1) is 11.8 Å². The summed E-state index contributed by atoms with van der Waals surface area (Å²) in [5.74, 6) is 1.01. The average Bonchev–Trinajstić information content (AvgIpc) is 2.17. The Balaban J connectivity index is 2.49. The molecule has 1 heterocycles. The van der Waals surface area contributed by atoms with Crippen molar-refractivity contribution in [1.82, 2.24) is 0 Å². The highest BCUT2D eigenvalue weighted by Gasteiger charge is 2.09. The van der Waals surface area contributed by atoms with E-state index >= 15 is 0 Å². The maximum absolute atomic E-state index is 4.48. The third kappa shape index (κ3) is 1.68. The van der Waals surface area contributed by atoms with E-state index in [1.54, 1.807) is 0 Å². The Kier molecular flexibility index (Phi) is 2.23. The van der Waals surface area contributed by atoms with Crippen LogP contribution in [0.5, 0.6) is 0 Å². The van der Waals surface area contributed by atoms with E-state index in [4.69, 9.17) is 0 Å². The molecule has 0 N–H and O–H groups in total. The Bertz CT molecular complexity index is 380. The number of nitrogens with zero attached hydrogens (tertiary/aromatic N) is 1. The van der Waals surface area contributed by atoms with Crippen LogP contribution in [0.1, 0.15) is 12.5 Å². The maximum Gasteiger partial charge on any atom is 0.0765 e. The first-order valence-corrected chi connectivity index (χ1v) is 5.21. The van der Waals surface area contributed by atoms with Crippen LogP contribution in [0, 0.1) is 0 Å². The minimum atomic E-state index is 1.01. The van der Waals surface area contributed by atoms with Crippen molar-refractivity contribution in [3.8, 4) is 0 Å². The maximum atomic E-state index is 4.48. The lowest BCUT2D eigenvalue weighted by molar-refractivity contribution is 1.33. The number of hydrogen-bond donors (Lipinski definition) is 0. The molecule has 0 saturated carbocycles. The topological polar surface area (TPSA) is 12.4 Å². The Morgan fingerprint density at radius 2 is 2.38 bits per heavy atom. The van der Waals surface area contributed by atoms with Crippen LogP contribution in [0.3, 0.4) is 0 Å².